The summed E-state index contributed by atoms with van der Waals surface area (Å²) >= 11 is 10.7. The summed E-state index contributed by atoms with van der Waals surface area (Å²) in [5, 5.41) is 13.0. The van der Waals surface area contributed by atoms with Gasteiger partial charge in [0.25, 0.3) is 5.91 Å². The van der Waals surface area contributed by atoms with E-state index in [1.165, 1.54) is 16.7 Å². The lowest BCUT2D eigenvalue weighted by atomic mass is 10.1. The maximum atomic E-state index is 13.5. The van der Waals surface area contributed by atoms with Gasteiger partial charge in [0.2, 0.25) is 5.91 Å². The number of thioether (sulfide) groups is 1. The van der Waals surface area contributed by atoms with Crippen molar-refractivity contribution in [3.05, 3.63) is 105 Å². The SMILES string of the molecule is N#C/C(C(=O)Nc1ccccc1)=C1/S[C@H](Cc2cccc(Cl)c2)C(=O)N1c1ccc(Br)cc1. The van der Waals surface area contributed by atoms with Crippen molar-refractivity contribution in [2.24, 2.45) is 0 Å². The van der Waals surface area contributed by atoms with Gasteiger partial charge in [-0.1, -0.05) is 69.6 Å². The van der Waals surface area contributed by atoms with E-state index >= 15 is 0 Å². The zero-order valence-electron chi connectivity index (χ0n) is 17.2. The standard InChI is InChI=1S/C25H17BrClN3O2S/c26-17-9-11-20(12-10-17)30-24(32)22(14-16-5-4-6-18(27)13-16)33-25(30)21(15-28)23(31)29-19-7-2-1-3-8-19/h1-13,22H,14H2,(H,29,31)/b25-21-/t22-/m1/s1. The number of halogens is 2. The number of nitrogens with zero attached hydrogens (tertiary/aromatic N) is 2. The highest BCUT2D eigenvalue weighted by molar-refractivity contribution is 9.10. The van der Waals surface area contributed by atoms with Crippen LogP contribution in [0.2, 0.25) is 5.02 Å². The molecule has 33 heavy (non-hydrogen) atoms. The molecule has 2 amide bonds. The van der Waals surface area contributed by atoms with Gasteiger partial charge >= 0.3 is 0 Å². The van der Waals surface area contributed by atoms with E-state index in [9.17, 15) is 14.9 Å². The molecule has 0 radical (unpaired) electrons. The summed E-state index contributed by atoms with van der Waals surface area (Å²) in [5.74, 6) is -0.762. The average molecular weight is 539 g/mol. The minimum Gasteiger partial charge on any atom is -0.321 e. The van der Waals surface area contributed by atoms with Crippen molar-refractivity contribution in [2.45, 2.75) is 11.7 Å². The number of amides is 2. The van der Waals surface area contributed by atoms with Crippen LogP contribution in [0, 0.1) is 11.3 Å². The third kappa shape index (κ3) is 5.31. The number of hydrogen-bond donors (Lipinski definition) is 1. The number of anilines is 2. The fraction of sp³-hybridized carbons (Fsp3) is 0.0800. The number of carbonyl (C=O) groups is 2. The lowest BCUT2D eigenvalue weighted by Gasteiger charge is -2.19. The second kappa shape index (κ2) is 10.3. The summed E-state index contributed by atoms with van der Waals surface area (Å²) in [6, 6.07) is 25.4. The molecule has 0 bridgehead atoms. The molecule has 3 aromatic carbocycles. The first-order valence-corrected chi connectivity index (χ1v) is 12.0. The number of para-hydroxylation sites is 1. The molecule has 1 aliphatic rings. The van der Waals surface area contributed by atoms with Gasteiger partial charge in [0.05, 0.1) is 5.25 Å². The van der Waals surface area contributed by atoms with E-state index in [0.29, 0.717) is 27.8 Å². The molecule has 3 aromatic rings. The second-order valence-corrected chi connectivity index (χ2v) is 9.75. The second-order valence-electron chi connectivity index (χ2n) is 7.20. The van der Waals surface area contributed by atoms with E-state index in [4.69, 9.17) is 11.6 Å². The fourth-order valence-corrected chi connectivity index (χ4v) is 5.19. The molecule has 1 atom stereocenters. The molecule has 0 unspecified atom stereocenters. The molecule has 1 aliphatic heterocycles. The van der Waals surface area contributed by atoms with Gasteiger partial charge < -0.3 is 5.32 Å². The monoisotopic (exact) mass is 537 g/mol. The first kappa shape index (κ1) is 23.1. The van der Waals surface area contributed by atoms with Crippen LogP contribution in [0.25, 0.3) is 0 Å². The number of nitrogens with one attached hydrogen (secondary N) is 1. The zero-order valence-corrected chi connectivity index (χ0v) is 20.3. The summed E-state index contributed by atoms with van der Waals surface area (Å²) in [6.45, 7) is 0. The first-order valence-electron chi connectivity index (χ1n) is 9.97. The van der Waals surface area contributed by atoms with E-state index in [0.717, 1.165) is 10.0 Å². The maximum Gasteiger partial charge on any atom is 0.269 e. The highest BCUT2D eigenvalue weighted by Gasteiger charge is 2.40. The Balaban J connectivity index is 1.73. The quantitative estimate of drug-likeness (QED) is 0.312. The number of carbonyl (C=O) groups excluding carboxylic acids is 2. The van der Waals surface area contributed by atoms with Crippen molar-refractivity contribution >= 4 is 62.5 Å². The van der Waals surface area contributed by atoms with E-state index < -0.39 is 11.2 Å². The van der Waals surface area contributed by atoms with Gasteiger partial charge in [-0.15, -0.1) is 0 Å². The largest absolute Gasteiger partial charge is 0.321 e. The number of nitriles is 1. The average Bonchev–Trinajstić information content (AvgIpc) is 3.11. The highest BCUT2D eigenvalue weighted by atomic mass is 79.9. The van der Waals surface area contributed by atoms with Crippen LogP contribution >= 0.6 is 39.3 Å². The molecule has 164 valence electrons. The predicted molar refractivity (Wildman–Crippen MR) is 136 cm³/mol. The normalized spacial score (nSPS) is 16.9. The van der Waals surface area contributed by atoms with Gasteiger partial charge in [0.15, 0.2) is 0 Å². The molecule has 0 saturated carbocycles. The van der Waals surface area contributed by atoms with Crippen molar-refractivity contribution in [2.75, 3.05) is 10.2 Å². The van der Waals surface area contributed by atoms with Crippen LogP contribution in [0.15, 0.2) is 93.9 Å². The highest BCUT2D eigenvalue weighted by Crippen LogP contribution is 2.42. The zero-order chi connectivity index (χ0) is 23.4. The Morgan fingerprint density at radius 3 is 2.48 bits per heavy atom. The lowest BCUT2D eigenvalue weighted by Crippen LogP contribution is -2.30. The number of rotatable bonds is 5. The van der Waals surface area contributed by atoms with Gasteiger partial charge in [-0.2, -0.15) is 5.26 Å². The van der Waals surface area contributed by atoms with Crippen molar-refractivity contribution in [3.8, 4) is 6.07 Å². The lowest BCUT2D eigenvalue weighted by molar-refractivity contribution is -0.117. The maximum absolute atomic E-state index is 13.5. The third-order valence-corrected chi connectivity index (χ3v) is 6.96. The molecule has 8 heteroatoms. The van der Waals surface area contributed by atoms with E-state index in [1.54, 1.807) is 42.5 Å². The van der Waals surface area contributed by atoms with Crippen molar-refractivity contribution in [1.82, 2.24) is 0 Å². The molecule has 0 aromatic heterocycles. The minimum atomic E-state index is -0.565. The Hall–Kier alpha value is -3.05. The summed E-state index contributed by atoms with van der Waals surface area (Å²) in [6.07, 6.45) is 0.416. The van der Waals surface area contributed by atoms with E-state index in [-0.39, 0.29) is 11.5 Å². The molecular weight excluding hydrogens is 522 g/mol. The van der Waals surface area contributed by atoms with Crippen LogP contribution in [0.1, 0.15) is 5.56 Å². The fourth-order valence-electron chi connectivity index (χ4n) is 3.41. The van der Waals surface area contributed by atoms with Crippen LogP contribution in [-0.4, -0.2) is 17.1 Å². The number of hydrogen-bond acceptors (Lipinski definition) is 4. The van der Waals surface area contributed by atoms with Crippen molar-refractivity contribution < 1.29 is 9.59 Å². The van der Waals surface area contributed by atoms with Gasteiger partial charge in [0.1, 0.15) is 16.7 Å². The smallest absolute Gasteiger partial charge is 0.269 e. The van der Waals surface area contributed by atoms with Gasteiger partial charge in [-0.25, -0.2) is 0 Å². The van der Waals surface area contributed by atoms with Crippen LogP contribution in [0.3, 0.4) is 0 Å². The molecule has 5 nitrogen and oxygen atoms in total. The first-order chi connectivity index (χ1) is 16.0. The summed E-state index contributed by atoms with van der Waals surface area (Å²) in [7, 11) is 0. The van der Waals surface area contributed by atoms with Crippen LogP contribution < -0.4 is 10.2 Å². The molecule has 0 spiro atoms. The van der Waals surface area contributed by atoms with E-state index in [2.05, 4.69) is 21.2 Å². The summed E-state index contributed by atoms with van der Waals surface area (Å²) in [5.41, 5.74) is 1.93. The van der Waals surface area contributed by atoms with Gasteiger partial charge in [0, 0.05) is 20.9 Å². The molecule has 1 N–H and O–H groups in total. The molecule has 4 rings (SSSR count). The summed E-state index contributed by atoms with van der Waals surface area (Å²) < 4.78 is 0.855. The van der Waals surface area contributed by atoms with Crippen LogP contribution in [0.5, 0.6) is 0 Å². The summed E-state index contributed by atoms with van der Waals surface area (Å²) in [4.78, 5) is 27.9. The Kier molecular flexibility index (Phi) is 7.19. The topological polar surface area (TPSA) is 73.2 Å². The molecule has 1 heterocycles. The number of benzene rings is 3. The van der Waals surface area contributed by atoms with Crippen molar-refractivity contribution in [3.63, 3.8) is 0 Å². The van der Waals surface area contributed by atoms with Gasteiger partial charge in [-0.05, 0) is 60.5 Å². The predicted octanol–water partition coefficient (Wildman–Crippen LogP) is 6.17. The molecule has 1 saturated heterocycles. The van der Waals surface area contributed by atoms with Crippen LogP contribution in [0.4, 0.5) is 11.4 Å². The molecular formula is C25H17BrClN3O2S. The minimum absolute atomic E-state index is 0.117. The Bertz CT molecular complexity index is 1270. The molecule has 1 fully saturated rings. The van der Waals surface area contributed by atoms with Gasteiger partial charge in [-0.3, -0.25) is 14.5 Å². The Labute approximate surface area is 209 Å². The molecule has 0 aliphatic carbocycles. The van der Waals surface area contributed by atoms with E-state index in [1.807, 2.05) is 42.5 Å². The van der Waals surface area contributed by atoms with Crippen molar-refractivity contribution in [1.29, 1.82) is 5.26 Å². The van der Waals surface area contributed by atoms with Crippen LogP contribution in [-0.2, 0) is 16.0 Å². The Morgan fingerprint density at radius 1 is 1.09 bits per heavy atom. The third-order valence-electron chi connectivity index (χ3n) is 4.93. The Morgan fingerprint density at radius 2 is 1.82 bits per heavy atom.